The molecular weight excluding hydrogens is 226 g/mol. The van der Waals surface area contributed by atoms with Crippen molar-refractivity contribution in [2.45, 2.75) is 38.2 Å². The van der Waals surface area contributed by atoms with Gasteiger partial charge in [-0.3, -0.25) is 0 Å². The van der Waals surface area contributed by atoms with Gasteiger partial charge in [0.2, 0.25) is 0 Å². The Balaban J connectivity index is 2.08. The highest BCUT2D eigenvalue weighted by Gasteiger charge is 2.47. The van der Waals surface area contributed by atoms with E-state index in [1.54, 1.807) is 6.07 Å². The molecule has 0 amide bonds. The number of rotatable bonds is 4. The van der Waals surface area contributed by atoms with Crippen molar-refractivity contribution >= 4 is 0 Å². The summed E-state index contributed by atoms with van der Waals surface area (Å²) < 4.78 is 30.9. The highest BCUT2D eigenvalue weighted by Crippen LogP contribution is 2.40. The van der Waals surface area contributed by atoms with Crippen LogP contribution >= 0.6 is 0 Å². The monoisotopic (exact) mass is 241 g/mol. The van der Waals surface area contributed by atoms with E-state index < -0.39 is 12.0 Å². The first-order chi connectivity index (χ1) is 8.02. The fourth-order valence-electron chi connectivity index (χ4n) is 2.08. The van der Waals surface area contributed by atoms with Crippen LogP contribution in [0, 0.1) is 6.92 Å². The molecule has 17 heavy (non-hydrogen) atoms. The molecule has 2 rings (SSSR count). The van der Waals surface area contributed by atoms with Gasteiger partial charge < -0.3 is 4.74 Å². The summed E-state index contributed by atoms with van der Waals surface area (Å²) in [7, 11) is 0. The lowest BCUT2D eigenvalue weighted by atomic mass is 9.90. The minimum absolute atomic E-state index is 0.220. The van der Waals surface area contributed by atoms with Crippen molar-refractivity contribution in [1.29, 1.82) is 0 Å². The van der Waals surface area contributed by atoms with E-state index in [0.717, 1.165) is 11.1 Å². The normalized spacial score (nSPS) is 18.8. The average Bonchev–Trinajstić information content (AvgIpc) is 2.20. The van der Waals surface area contributed by atoms with Crippen LogP contribution in [0.15, 0.2) is 18.2 Å². The Kier molecular flexibility index (Phi) is 3.33. The van der Waals surface area contributed by atoms with Crippen LogP contribution < -0.4 is 4.74 Å². The Morgan fingerprint density at radius 1 is 1.41 bits per heavy atom. The van der Waals surface area contributed by atoms with Crippen molar-refractivity contribution < 1.29 is 18.6 Å². The predicted molar refractivity (Wildman–Crippen MR) is 59.0 cm³/mol. The van der Waals surface area contributed by atoms with Crippen molar-refractivity contribution in [2.75, 3.05) is 6.61 Å². The number of benzene rings is 1. The van der Waals surface area contributed by atoms with Crippen LogP contribution in [0.4, 0.5) is 8.78 Å². The van der Waals surface area contributed by atoms with Crippen LogP contribution in [-0.4, -0.2) is 18.6 Å². The van der Waals surface area contributed by atoms with Gasteiger partial charge in [0.15, 0.2) is 0 Å². The van der Waals surface area contributed by atoms with Gasteiger partial charge in [0.1, 0.15) is 11.9 Å². The second kappa shape index (κ2) is 4.61. The Morgan fingerprint density at radius 3 is 2.71 bits per heavy atom. The molecule has 4 heteroatoms. The topological polar surface area (TPSA) is 29.1 Å². The SMILES string of the molecule is Cc1cccc(OC2CC(F)(F)C2)c1CC[O]. The average molecular weight is 241 g/mol. The predicted octanol–water partition coefficient (Wildman–Crippen LogP) is 3.14. The number of alkyl halides is 2. The van der Waals surface area contributed by atoms with Crippen LogP contribution in [-0.2, 0) is 11.5 Å². The third kappa shape index (κ3) is 2.75. The number of ether oxygens (including phenoxy) is 1. The zero-order valence-corrected chi connectivity index (χ0v) is 9.71. The van der Waals surface area contributed by atoms with Gasteiger partial charge in [0, 0.05) is 19.3 Å². The summed E-state index contributed by atoms with van der Waals surface area (Å²) in [5, 5.41) is 10.7. The van der Waals surface area contributed by atoms with E-state index in [9.17, 15) is 13.9 Å². The fraction of sp³-hybridized carbons (Fsp3) is 0.538. The summed E-state index contributed by atoms with van der Waals surface area (Å²) in [6, 6.07) is 5.46. The molecular formula is C13H15F2O2. The minimum Gasteiger partial charge on any atom is -0.490 e. The van der Waals surface area contributed by atoms with E-state index in [4.69, 9.17) is 4.74 Å². The van der Waals surface area contributed by atoms with E-state index in [2.05, 4.69) is 0 Å². The second-order valence-electron chi connectivity index (χ2n) is 4.51. The smallest absolute Gasteiger partial charge is 0.255 e. The van der Waals surface area contributed by atoms with Crippen LogP contribution in [0.3, 0.4) is 0 Å². The van der Waals surface area contributed by atoms with E-state index in [-0.39, 0.29) is 19.4 Å². The van der Waals surface area contributed by atoms with Crippen molar-refractivity contribution in [3.63, 3.8) is 0 Å². The molecule has 0 spiro atoms. The molecule has 1 fully saturated rings. The molecule has 1 aliphatic carbocycles. The fourth-order valence-corrected chi connectivity index (χ4v) is 2.08. The molecule has 0 bridgehead atoms. The first-order valence-corrected chi connectivity index (χ1v) is 5.73. The summed E-state index contributed by atoms with van der Waals surface area (Å²) in [4.78, 5) is 0. The zero-order valence-electron chi connectivity index (χ0n) is 9.71. The molecule has 1 radical (unpaired) electrons. The summed E-state index contributed by atoms with van der Waals surface area (Å²) >= 11 is 0. The molecule has 0 unspecified atom stereocenters. The minimum atomic E-state index is -2.58. The maximum Gasteiger partial charge on any atom is 0.255 e. The van der Waals surface area contributed by atoms with Crippen molar-refractivity contribution in [3.8, 4) is 5.75 Å². The Hall–Kier alpha value is -1.16. The highest BCUT2D eigenvalue weighted by molar-refractivity contribution is 5.40. The maximum atomic E-state index is 12.7. The highest BCUT2D eigenvalue weighted by atomic mass is 19.3. The molecule has 1 aromatic rings. The molecule has 0 atom stereocenters. The molecule has 0 aromatic heterocycles. The lowest BCUT2D eigenvalue weighted by Crippen LogP contribution is -2.43. The largest absolute Gasteiger partial charge is 0.490 e. The zero-order chi connectivity index (χ0) is 12.5. The van der Waals surface area contributed by atoms with Gasteiger partial charge in [-0.1, -0.05) is 12.1 Å². The third-order valence-electron chi connectivity index (χ3n) is 3.07. The Bertz CT molecular complexity index is 396. The maximum absolute atomic E-state index is 12.7. The molecule has 2 nitrogen and oxygen atoms in total. The first kappa shape index (κ1) is 12.3. The molecule has 1 aliphatic rings. The van der Waals surface area contributed by atoms with E-state index in [1.165, 1.54) is 0 Å². The summed E-state index contributed by atoms with van der Waals surface area (Å²) in [6.07, 6.45) is -0.488. The van der Waals surface area contributed by atoms with E-state index in [0.29, 0.717) is 12.2 Å². The Labute approximate surface area is 99.2 Å². The number of halogens is 2. The van der Waals surface area contributed by atoms with E-state index in [1.807, 2.05) is 19.1 Å². The summed E-state index contributed by atoms with van der Waals surface area (Å²) in [6.45, 7) is 1.68. The van der Waals surface area contributed by atoms with Gasteiger partial charge in [-0.2, -0.15) is 0 Å². The third-order valence-corrected chi connectivity index (χ3v) is 3.07. The molecule has 0 N–H and O–H groups in total. The second-order valence-corrected chi connectivity index (χ2v) is 4.51. The van der Waals surface area contributed by atoms with Crippen LogP contribution in [0.2, 0.25) is 0 Å². The van der Waals surface area contributed by atoms with E-state index >= 15 is 0 Å². The van der Waals surface area contributed by atoms with Crippen molar-refractivity contribution in [2.24, 2.45) is 0 Å². The van der Waals surface area contributed by atoms with Gasteiger partial charge in [-0.15, -0.1) is 0 Å². The van der Waals surface area contributed by atoms with Gasteiger partial charge >= 0.3 is 0 Å². The lowest BCUT2D eigenvalue weighted by molar-refractivity contribution is -0.134. The van der Waals surface area contributed by atoms with Crippen LogP contribution in [0.5, 0.6) is 5.75 Å². The Morgan fingerprint density at radius 2 is 2.12 bits per heavy atom. The molecule has 1 saturated carbocycles. The van der Waals surface area contributed by atoms with Gasteiger partial charge in [-0.25, -0.2) is 13.9 Å². The molecule has 0 aliphatic heterocycles. The number of hydrogen-bond donors (Lipinski definition) is 0. The standard InChI is InChI=1S/C13H15F2O2/c1-9-3-2-4-12(11(9)5-6-16)17-10-7-13(14,15)8-10/h2-4,10H,5-8H2,1H3. The lowest BCUT2D eigenvalue weighted by Gasteiger charge is -2.35. The van der Waals surface area contributed by atoms with Gasteiger partial charge in [-0.05, 0) is 24.1 Å². The number of hydrogen-bond acceptors (Lipinski definition) is 1. The molecule has 0 saturated heterocycles. The molecule has 93 valence electrons. The van der Waals surface area contributed by atoms with Crippen LogP contribution in [0.25, 0.3) is 0 Å². The summed E-state index contributed by atoms with van der Waals surface area (Å²) in [5.74, 6) is -1.99. The van der Waals surface area contributed by atoms with Crippen molar-refractivity contribution in [1.82, 2.24) is 0 Å². The molecule has 0 heterocycles. The van der Waals surface area contributed by atoms with Crippen LogP contribution in [0.1, 0.15) is 24.0 Å². The molecule has 1 aromatic carbocycles. The van der Waals surface area contributed by atoms with Gasteiger partial charge in [0.05, 0.1) is 6.61 Å². The summed E-state index contributed by atoms with van der Waals surface area (Å²) in [5.41, 5.74) is 1.82. The van der Waals surface area contributed by atoms with Gasteiger partial charge in [0.25, 0.3) is 5.92 Å². The van der Waals surface area contributed by atoms with Crippen molar-refractivity contribution in [3.05, 3.63) is 29.3 Å². The number of aryl methyl sites for hydroxylation is 1. The quantitative estimate of drug-likeness (QED) is 0.796. The first-order valence-electron chi connectivity index (χ1n) is 5.73.